The Morgan fingerprint density at radius 1 is 0.769 bits per heavy atom. The lowest BCUT2D eigenvalue weighted by Gasteiger charge is -2.27. The minimum absolute atomic E-state index is 0.0664. The van der Waals surface area contributed by atoms with Crippen LogP contribution in [-0.2, 0) is 20.7 Å². The van der Waals surface area contributed by atoms with E-state index in [-0.39, 0.29) is 29.8 Å². The van der Waals surface area contributed by atoms with Crippen molar-refractivity contribution in [1.82, 2.24) is 16.0 Å². The molecule has 2 aromatic rings. The van der Waals surface area contributed by atoms with Gasteiger partial charge in [0.25, 0.3) is 0 Å². The number of ether oxygens (including phenoxy) is 1. The first-order chi connectivity index (χ1) is 18.2. The zero-order chi connectivity index (χ0) is 29.2. The Morgan fingerprint density at radius 3 is 1.87 bits per heavy atom. The molecular formula is C30H43N3O6. The zero-order valence-electron chi connectivity index (χ0n) is 24.1. The van der Waals surface area contributed by atoms with Gasteiger partial charge in [-0.2, -0.15) is 0 Å². The Hall–Kier alpha value is -3.62. The third-order valence-corrected chi connectivity index (χ3v) is 5.73. The van der Waals surface area contributed by atoms with Gasteiger partial charge < -0.3 is 25.1 Å². The van der Waals surface area contributed by atoms with E-state index in [0.29, 0.717) is 12.8 Å². The molecule has 0 spiro atoms. The van der Waals surface area contributed by atoms with E-state index < -0.39 is 41.6 Å². The average molecular weight is 542 g/mol. The maximum atomic E-state index is 13.5. The SMILES string of the molecule is CC(C)C[C@H](NC(=O)[C@H](Cc1ccccc1)NC(=O)OC(C)(C)C)C(=O)N[C@@H](CC(C)C)C(=O)c1ccco1. The average Bonchev–Trinajstić information content (AvgIpc) is 3.36. The smallest absolute Gasteiger partial charge is 0.408 e. The molecule has 9 nitrogen and oxygen atoms in total. The van der Waals surface area contributed by atoms with E-state index in [2.05, 4.69) is 16.0 Å². The molecule has 0 aliphatic heterocycles. The molecule has 2 rings (SSSR count). The highest BCUT2D eigenvalue weighted by atomic mass is 16.6. The van der Waals surface area contributed by atoms with E-state index in [9.17, 15) is 19.2 Å². The molecule has 0 unspecified atom stereocenters. The first kappa shape index (κ1) is 31.6. The number of rotatable bonds is 13. The van der Waals surface area contributed by atoms with E-state index in [0.717, 1.165) is 5.56 Å². The number of hydrogen-bond donors (Lipinski definition) is 3. The number of hydrogen-bond acceptors (Lipinski definition) is 6. The summed E-state index contributed by atoms with van der Waals surface area (Å²) in [5.74, 6) is -0.973. The molecule has 3 N–H and O–H groups in total. The number of Topliss-reactive ketones (excluding diaryl/α,β-unsaturated/α-hetero) is 1. The summed E-state index contributed by atoms with van der Waals surface area (Å²) in [6.07, 6.45) is 1.63. The van der Waals surface area contributed by atoms with Gasteiger partial charge >= 0.3 is 6.09 Å². The van der Waals surface area contributed by atoms with Crippen molar-refractivity contribution < 1.29 is 28.3 Å². The summed E-state index contributed by atoms with van der Waals surface area (Å²) < 4.78 is 10.6. The van der Waals surface area contributed by atoms with Crippen molar-refractivity contribution in [2.24, 2.45) is 11.8 Å². The van der Waals surface area contributed by atoms with Crippen molar-refractivity contribution >= 4 is 23.7 Å². The number of carbonyl (C=O) groups is 4. The summed E-state index contributed by atoms with van der Waals surface area (Å²) in [6, 6.07) is 9.72. The molecule has 0 fully saturated rings. The molecule has 1 heterocycles. The van der Waals surface area contributed by atoms with Crippen molar-refractivity contribution in [1.29, 1.82) is 0 Å². The molecule has 0 saturated carbocycles. The van der Waals surface area contributed by atoms with Crippen LogP contribution in [0.4, 0.5) is 4.79 Å². The van der Waals surface area contributed by atoms with Crippen molar-refractivity contribution in [2.45, 2.75) is 91.5 Å². The lowest BCUT2D eigenvalue weighted by atomic mass is 9.97. The Balaban J connectivity index is 2.24. The van der Waals surface area contributed by atoms with Crippen LogP contribution in [0.25, 0.3) is 0 Å². The number of ketones is 1. The van der Waals surface area contributed by atoms with E-state index >= 15 is 0 Å². The highest BCUT2D eigenvalue weighted by Gasteiger charge is 2.32. The summed E-state index contributed by atoms with van der Waals surface area (Å²) in [4.78, 5) is 52.5. The van der Waals surface area contributed by atoms with Crippen molar-refractivity contribution in [2.75, 3.05) is 0 Å². The second-order valence-electron chi connectivity index (χ2n) is 11.6. The van der Waals surface area contributed by atoms with Crippen molar-refractivity contribution in [3.05, 3.63) is 60.1 Å². The summed E-state index contributed by atoms with van der Waals surface area (Å²) >= 11 is 0. The molecule has 0 radical (unpaired) electrons. The van der Waals surface area contributed by atoms with Crippen LogP contribution in [-0.4, -0.2) is 47.4 Å². The summed E-state index contributed by atoms with van der Waals surface area (Å²) in [5, 5.41) is 8.30. The Bertz CT molecular complexity index is 1070. The first-order valence-corrected chi connectivity index (χ1v) is 13.5. The van der Waals surface area contributed by atoms with Crippen molar-refractivity contribution in [3.8, 4) is 0 Å². The Kier molecular flexibility index (Phi) is 11.8. The fraction of sp³-hybridized carbons (Fsp3) is 0.533. The van der Waals surface area contributed by atoms with Crippen LogP contribution in [0.3, 0.4) is 0 Å². The molecule has 3 amide bonds. The fourth-order valence-corrected chi connectivity index (χ4v) is 4.05. The number of benzene rings is 1. The molecule has 0 aliphatic carbocycles. The van der Waals surface area contributed by atoms with Crippen LogP contribution in [0.1, 0.15) is 77.4 Å². The number of alkyl carbamates (subject to hydrolysis) is 1. The lowest BCUT2D eigenvalue weighted by molar-refractivity contribution is -0.130. The van der Waals surface area contributed by atoms with Gasteiger partial charge in [0.15, 0.2) is 5.76 Å². The van der Waals surface area contributed by atoms with Crippen LogP contribution < -0.4 is 16.0 Å². The van der Waals surface area contributed by atoms with Crippen LogP contribution in [0.2, 0.25) is 0 Å². The van der Waals surface area contributed by atoms with Gasteiger partial charge in [-0.1, -0.05) is 58.0 Å². The summed E-state index contributed by atoms with van der Waals surface area (Å²) in [7, 11) is 0. The second-order valence-corrected chi connectivity index (χ2v) is 11.6. The highest BCUT2D eigenvalue weighted by molar-refractivity contribution is 6.01. The number of carbonyl (C=O) groups excluding carboxylic acids is 4. The molecular weight excluding hydrogens is 498 g/mol. The summed E-state index contributed by atoms with van der Waals surface area (Å²) in [5.41, 5.74) is 0.0868. The topological polar surface area (TPSA) is 127 Å². The quantitative estimate of drug-likeness (QED) is 0.317. The van der Waals surface area contributed by atoms with E-state index in [4.69, 9.17) is 9.15 Å². The lowest BCUT2D eigenvalue weighted by Crippen LogP contribution is -2.57. The second kappa shape index (κ2) is 14.5. The van der Waals surface area contributed by atoms with Gasteiger partial charge in [0.1, 0.15) is 17.7 Å². The molecule has 9 heteroatoms. The molecule has 0 aliphatic rings. The number of nitrogens with one attached hydrogen (secondary N) is 3. The molecule has 39 heavy (non-hydrogen) atoms. The largest absolute Gasteiger partial charge is 0.461 e. The predicted molar refractivity (Wildman–Crippen MR) is 149 cm³/mol. The van der Waals surface area contributed by atoms with E-state index in [1.54, 1.807) is 32.9 Å². The zero-order valence-corrected chi connectivity index (χ0v) is 24.1. The van der Waals surface area contributed by atoms with E-state index in [1.807, 2.05) is 58.0 Å². The maximum Gasteiger partial charge on any atom is 0.408 e. The van der Waals surface area contributed by atoms with Crippen LogP contribution in [0, 0.1) is 11.8 Å². The molecule has 0 bridgehead atoms. The third-order valence-electron chi connectivity index (χ3n) is 5.73. The van der Waals surface area contributed by atoms with Crippen molar-refractivity contribution in [3.63, 3.8) is 0 Å². The van der Waals surface area contributed by atoms with Gasteiger partial charge in [-0.15, -0.1) is 0 Å². The molecule has 3 atom stereocenters. The molecule has 0 saturated heterocycles. The van der Waals surface area contributed by atoms with E-state index in [1.165, 1.54) is 6.26 Å². The fourth-order valence-electron chi connectivity index (χ4n) is 4.05. The normalized spacial score (nSPS) is 13.9. The van der Waals surface area contributed by atoms with Gasteiger partial charge in [0.05, 0.1) is 12.3 Å². The summed E-state index contributed by atoms with van der Waals surface area (Å²) in [6.45, 7) is 13.0. The van der Waals surface area contributed by atoms with Gasteiger partial charge in [0, 0.05) is 6.42 Å². The molecule has 214 valence electrons. The number of furan rings is 1. The predicted octanol–water partition coefficient (Wildman–Crippen LogP) is 4.66. The first-order valence-electron chi connectivity index (χ1n) is 13.5. The minimum atomic E-state index is -0.985. The van der Waals surface area contributed by atoms with Crippen LogP contribution in [0.5, 0.6) is 0 Å². The van der Waals surface area contributed by atoms with Gasteiger partial charge in [0.2, 0.25) is 17.6 Å². The third kappa shape index (κ3) is 11.3. The molecule has 1 aromatic carbocycles. The minimum Gasteiger partial charge on any atom is -0.461 e. The van der Waals surface area contributed by atoms with Crippen LogP contribution in [0.15, 0.2) is 53.1 Å². The Labute approximate surface area is 231 Å². The molecule has 1 aromatic heterocycles. The Morgan fingerprint density at radius 2 is 1.33 bits per heavy atom. The monoisotopic (exact) mass is 541 g/mol. The number of amides is 3. The highest BCUT2D eigenvalue weighted by Crippen LogP contribution is 2.14. The van der Waals surface area contributed by atoms with Gasteiger partial charge in [-0.05, 0) is 63.1 Å². The van der Waals surface area contributed by atoms with Crippen LogP contribution >= 0.6 is 0 Å². The maximum absolute atomic E-state index is 13.5. The van der Waals surface area contributed by atoms with Gasteiger partial charge in [-0.25, -0.2) is 4.79 Å². The van der Waals surface area contributed by atoms with Gasteiger partial charge in [-0.3, -0.25) is 14.4 Å². The standard InChI is InChI=1S/C30H43N3O6/c1-19(2)16-22(26(34)25-14-11-15-38-25)31-27(35)23(17-20(3)4)32-28(36)24(18-21-12-9-8-10-13-21)33-29(37)39-30(5,6)7/h8-15,19-20,22-24H,16-18H2,1-7H3,(H,31,35)(H,32,36)(H,33,37)/t22-,23-,24-/m0/s1.